The Kier molecular flexibility index (Phi) is 3.43. The van der Waals surface area contributed by atoms with Gasteiger partial charge in [-0.1, -0.05) is 13.8 Å². The largest absolute Gasteiger partial charge is 0.384 e. The van der Waals surface area contributed by atoms with Gasteiger partial charge in [0.2, 0.25) is 0 Å². The molecule has 0 radical (unpaired) electrons. The van der Waals surface area contributed by atoms with E-state index in [4.69, 9.17) is 5.73 Å². The summed E-state index contributed by atoms with van der Waals surface area (Å²) in [5.41, 5.74) is 9.33. The van der Waals surface area contributed by atoms with Crippen LogP contribution in [0.3, 0.4) is 0 Å². The standard InChI is InChI=1S/C13H20N4S/c1-7(2)6-10-11(16-17(5)13(10)14)12-8(3)15-9(4)18-12/h7H,6,14H2,1-5H3. The van der Waals surface area contributed by atoms with Crippen LogP contribution in [-0.4, -0.2) is 14.8 Å². The van der Waals surface area contributed by atoms with Crippen molar-refractivity contribution >= 4 is 17.2 Å². The van der Waals surface area contributed by atoms with Crippen molar-refractivity contribution in [2.24, 2.45) is 13.0 Å². The first-order valence-electron chi connectivity index (χ1n) is 6.16. The molecule has 0 aliphatic heterocycles. The van der Waals surface area contributed by atoms with Gasteiger partial charge in [0.25, 0.3) is 0 Å². The predicted octanol–water partition coefficient (Wildman–Crippen LogP) is 2.94. The highest BCUT2D eigenvalue weighted by Crippen LogP contribution is 2.34. The van der Waals surface area contributed by atoms with Crippen molar-refractivity contribution in [2.45, 2.75) is 34.1 Å². The number of aryl methyl sites for hydroxylation is 3. The molecule has 0 saturated heterocycles. The Bertz CT molecular complexity index is 566. The van der Waals surface area contributed by atoms with Gasteiger partial charge in [-0.15, -0.1) is 11.3 Å². The molecule has 2 N–H and O–H groups in total. The molecule has 0 atom stereocenters. The number of hydrogen-bond donors (Lipinski definition) is 1. The first-order chi connectivity index (χ1) is 8.40. The Hall–Kier alpha value is -1.36. The first kappa shape index (κ1) is 13.1. The number of aromatic nitrogens is 3. The zero-order valence-electron chi connectivity index (χ0n) is 11.6. The minimum atomic E-state index is 0.560. The summed E-state index contributed by atoms with van der Waals surface area (Å²) < 4.78 is 1.77. The van der Waals surface area contributed by atoms with Crippen molar-refractivity contribution in [3.63, 3.8) is 0 Å². The molecule has 18 heavy (non-hydrogen) atoms. The monoisotopic (exact) mass is 264 g/mol. The summed E-state index contributed by atoms with van der Waals surface area (Å²) in [5, 5.41) is 5.64. The number of nitrogens with two attached hydrogens (primary N) is 1. The van der Waals surface area contributed by atoms with Crippen LogP contribution in [-0.2, 0) is 13.5 Å². The normalized spacial score (nSPS) is 11.4. The van der Waals surface area contributed by atoms with Crippen LogP contribution in [0.2, 0.25) is 0 Å². The molecular weight excluding hydrogens is 244 g/mol. The summed E-state index contributed by atoms with van der Waals surface area (Å²) in [6.45, 7) is 8.44. The molecular formula is C13H20N4S. The van der Waals surface area contributed by atoms with Crippen LogP contribution in [0, 0.1) is 19.8 Å². The van der Waals surface area contributed by atoms with E-state index in [-0.39, 0.29) is 0 Å². The summed E-state index contributed by atoms with van der Waals surface area (Å²) in [7, 11) is 1.89. The maximum Gasteiger partial charge on any atom is 0.125 e. The molecule has 0 spiro atoms. The van der Waals surface area contributed by atoms with Gasteiger partial charge in [-0.2, -0.15) is 5.10 Å². The number of nitrogens with zero attached hydrogens (tertiary/aromatic N) is 3. The summed E-state index contributed by atoms with van der Waals surface area (Å²) in [6.07, 6.45) is 0.950. The molecule has 0 fully saturated rings. The minimum Gasteiger partial charge on any atom is -0.384 e. The van der Waals surface area contributed by atoms with Gasteiger partial charge in [-0.05, 0) is 26.2 Å². The van der Waals surface area contributed by atoms with E-state index in [0.29, 0.717) is 5.92 Å². The summed E-state index contributed by atoms with van der Waals surface area (Å²) >= 11 is 1.69. The second-order valence-corrected chi connectivity index (χ2v) is 6.28. The smallest absolute Gasteiger partial charge is 0.125 e. The van der Waals surface area contributed by atoms with Gasteiger partial charge < -0.3 is 5.73 Å². The molecule has 4 nitrogen and oxygen atoms in total. The highest BCUT2D eigenvalue weighted by Gasteiger charge is 2.20. The Morgan fingerprint density at radius 1 is 1.33 bits per heavy atom. The summed E-state index contributed by atoms with van der Waals surface area (Å²) in [6, 6.07) is 0. The molecule has 0 amide bonds. The van der Waals surface area contributed by atoms with Crippen molar-refractivity contribution in [2.75, 3.05) is 5.73 Å². The third-order valence-electron chi connectivity index (χ3n) is 2.92. The van der Waals surface area contributed by atoms with Gasteiger partial charge in [-0.3, -0.25) is 4.68 Å². The van der Waals surface area contributed by atoms with Crippen molar-refractivity contribution in [1.82, 2.24) is 14.8 Å². The average Bonchev–Trinajstić information content (AvgIpc) is 2.72. The van der Waals surface area contributed by atoms with Crippen LogP contribution in [0.1, 0.15) is 30.1 Å². The Morgan fingerprint density at radius 3 is 2.50 bits per heavy atom. The number of thiazole rings is 1. The SMILES string of the molecule is Cc1nc(C)c(-c2nn(C)c(N)c2CC(C)C)s1. The third-order valence-corrected chi connectivity index (χ3v) is 4.00. The van der Waals surface area contributed by atoms with Crippen LogP contribution in [0.25, 0.3) is 10.6 Å². The molecule has 2 aromatic heterocycles. The molecule has 2 heterocycles. The van der Waals surface area contributed by atoms with Gasteiger partial charge in [0, 0.05) is 12.6 Å². The summed E-state index contributed by atoms with van der Waals surface area (Å²) in [5.74, 6) is 1.33. The van der Waals surface area contributed by atoms with E-state index in [1.807, 2.05) is 20.9 Å². The van der Waals surface area contributed by atoms with E-state index in [1.54, 1.807) is 16.0 Å². The highest BCUT2D eigenvalue weighted by atomic mass is 32.1. The van der Waals surface area contributed by atoms with E-state index < -0.39 is 0 Å². The molecule has 0 bridgehead atoms. The lowest BCUT2D eigenvalue weighted by atomic mass is 10.0. The van der Waals surface area contributed by atoms with Crippen LogP contribution < -0.4 is 5.73 Å². The highest BCUT2D eigenvalue weighted by molar-refractivity contribution is 7.15. The Balaban J connectivity index is 2.56. The lowest BCUT2D eigenvalue weighted by Gasteiger charge is -2.06. The predicted molar refractivity (Wildman–Crippen MR) is 76.7 cm³/mol. The van der Waals surface area contributed by atoms with Crippen molar-refractivity contribution in [3.8, 4) is 10.6 Å². The Morgan fingerprint density at radius 2 is 2.00 bits per heavy atom. The van der Waals surface area contributed by atoms with Gasteiger partial charge in [-0.25, -0.2) is 4.98 Å². The van der Waals surface area contributed by atoms with Crippen molar-refractivity contribution in [3.05, 3.63) is 16.3 Å². The fourth-order valence-corrected chi connectivity index (χ4v) is 3.06. The molecule has 0 unspecified atom stereocenters. The van der Waals surface area contributed by atoms with Gasteiger partial charge in [0.1, 0.15) is 11.5 Å². The zero-order chi connectivity index (χ0) is 13.4. The van der Waals surface area contributed by atoms with E-state index in [1.165, 1.54) is 0 Å². The zero-order valence-corrected chi connectivity index (χ0v) is 12.4. The molecule has 98 valence electrons. The second kappa shape index (κ2) is 4.72. The van der Waals surface area contributed by atoms with E-state index in [0.717, 1.165) is 39.1 Å². The average molecular weight is 264 g/mol. The molecule has 5 heteroatoms. The number of hydrogen-bond acceptors (Lipinski definition) is 4. The van der Waals surface area contributed by atoms with Crippen LogP contribution in [0.15, 0.2) is 0 Å². The van der Waals surface area contributed by atoms with Gasteiger partial charge in [0.05, 0.1) is 15.6 Å². The van der Waals surface area contributed by atoms with E-state index >= 15 is 0 Å². The molecule has 0 aliphatic carbocycles. The van der Waals surface area contributed by atoms with Gasteiger partial charge >= 0.3 is 0 Å². The van der Waals surface area contributed by atoms with Crippen LogP contribution >= 0.6 is 11.3 Å². The number of anilines is 1. The number of nitrogen functional groups attached to an aromatic ring is 1. The molecule has 0 aliphatic rings. The number of rotatable bonds is 3. The van der Waals surface area contributed by atoms with Crippen LogP contribution in [0.5, 0.6) is 0 Å². The lowest BCUT2D eigenvalue weighted by Crippen LogP contribution is -2.02. The van der Waals surface area contributed by atoms with Crippen molar-refractivity contribution in [1.29, 1.82) is 0 Å². The summed E-state index contributed by atoms with van der Waals surface area (Å²) in [4.78, 5) is 5.62. The van der Waals surface area contributed by atoms with Gasteiger partial charge in [0.15, 0.2) is 0 Å². The second-order valence-electron chi connectivity index (χ2n) is 5.08. The maximum absolute atomic E-state index is 6.13. The van der Waals surface area contributed by atoms with Crippen molar-refractivity contribution < 1.29 is 0 Å². The van der Waals surface area contributed by atoms with Crippen LogP contribution in [0.4, 0.5) is 5.82 Å². The fraction of sp³-hybridized carbons (Fsp3) is 0.538. The molecule has 0 aromatic carbocycles. The van der Waals surface area contributed by atoms with E-state index in [2.05, 4.69) is 23.9 Å². The fourth-order valence-electron chi connectivity index (χ4n) is 2.12. The molecule has 0 saturated carbocycles. The first-order valence-corrected chi connectivity index (χ1v) is 6.97. The quantitative estimate of drug-likeness (QED) is 0.927. The molecule has 2 rings (SSSR count). The third kappa shape index (κ3) is 2.27. The lowest BCUT2D eigenvalue weighted by molar-refractivity contribution is 0.649. The Labute approximate surface area is 112 Å². The minimum absolute atomic E-state index is 0.560. The topological polar surface area (TPSA) is 56.7 Å². The maximum atomic E-state index is 6.13. The van der Waals surface area contributed by atoms with E-state index in [9.17, 15) is 0 Å². The molecule has 2 aromatic rings.